The van der Waals surface area contributed by atoms with Crippen LogP contribution in [0.1, 0.15) is 52.7 Å². The van der Waals surface area contributed by atoms with Crippen LogP contribution in [0, 0.1) is 0 Å². The number of benzene rings is 2. The van der Waals surface area contributed by atoms with Crippen molar-refractivity contribution in [3.8, 4) is 22.9 Å². The lowest BCUT2D eigenvalue weighted by atomic mass is 9.79. The maximum absolute atomic E-state index is 11.0. The number of rotatable bonds is 2. The van der Waals surface area contributed by atoms with Crippen LogP contribution in [0.15, 0.2) is 24.3 Å². The molecule has 1 aromatic heterocycles. The highest BCUT2D eigenvalue weighted by atomic mass is 16.5. The highest BCUT2D eigenvalue weighted by Gasteiger charge is 2.30. The van der Waals surface area contributed by atoms with Crippen LogP contribution in [0.25, 0.3) is 16.7 Å². The van der Waals surface area contributed by atoms with Crippen molar-refractivity contribution in [2.24, 2.45) is 0 Å². The van der Waals surface area contributed by atoms with Crippen molar-refractivity contribution in [2.75, 3.05) is 7.11 Å². The molecule has 0 fully saturated rings. The number of fused-ring (bicyclic) bond motifs is 1. The first-order valence-electron chi connectivity index (χ1n) is 8.95. The maximum atomic E-state index is 11.0. The quantitative estimate of drug-likeness (QED) is 0.698. The molecule has 0 amide bonds. The smallest absolute Gasteiger partial charge is 0.169 e. The molecule has 2 N–H and O–H groups in total. The third-order valence-corrected chi connectivity index (χ3v) is 4.65. The second kappa shape index (κ2) is 6.15. The SMILES string of the molecule is COc1ccc2nn(-c3c(O)c(C(C)(C)C)cc(C(C)(C)C)c3O)nc2c1. The summed E-state index contributed by atoms with van der Waals surface area (Å²) in [7, 11) is 1.59. The summed E-state index contributed by atoms with van der Waals surface area (Å²) in [6, 6.07) is 7.24. The van der Waals surface area contributed by atoms with Gasteiger partial charge in [-0.1, -0.05) is 41.5 Å². The summed E-state index contributed by atoms with van der Waals surface area (Å²) in [5.74, 6) is 0.641. The van der Waals surface area contributed by atoms with Crippen LogP contribution in [0.2, 0.25) is 0 Å². The molecule has 3 aromatic rings. The Bertz CT molecular complexity index is 970. The fourth-order valence-corrected chi connectivity index (χ4v) is 3.10. The van der Waals surface area contributed by atoms with Gasteiger partial charge in [-0.25, -0.2) is 0 Å². The van der Waals surface area contributed by atoms with E-state index in [0.29, 0.717) is 16.8 Å². The molecule has 0 aliphatic rings. The van der Waals surface area contributed by atoms with Crippen LogP contribution in [-0.2, 0) is 10.8 Å². The summed E-state index contributed by atoms with van der Waals surface area (Å²) < 4.78 is 5.24. The third kappa shape index (κ3) is 3.31. The van der Waals surface area contributed by atoms with Crippen LogP contribution in [-0.4, -0.2) is 32.3 Å². The molecular formula is C21H27N3O3. The maximum Gasteiger partial charge on any atom is 0.169 e. The summed E-state index contributed by atoms with van der Waals surface area (Å²) in [5.41, 5.74) is 2.30. The molecule has 0 aliphatic heterocycles. The van der Waals surface area contributed by atoms with E-state index in [1.54, 1.807) is 25.3 Å². The van der Waals surface area contributed by atoms with Gasteiger partial charge in [-0.2, -0.15) is 0 Å². The van der Waals surface area contributed by atoms with E-state index in [1.807, 2.05) is 47.6 Å². The number of aromatic hydroxyl groups is 2. The summed E-state index contributed by atoms with van der Waals surface area (Å²) >= 11 is 0. The van der Waals surface area contributed by atoms with E-state index < -0.39 is 0 Å². The van der Waals surface area contributed by atoms with Crippen molar-refractivity contribution in [3.63, 3.8) is 0 Å². The first kappa shape index (κ1) is 19.0. The van der Waals surface area contributed by atoms with Crippen LogP contribution in [0.5, 0.6) is 17.2 Å². The highest BCUT2D eigenvalue weighted by Crippen LogP contribution is 2.45. The van der Waals surface area contributed by atoms with Crippen molar-refractivity contribution in [2.45, 2.75) is 52.4 Å². The zero-order valence-corrected chi connectivity index (χ0v) is 17.0. The average Bonchev–Trinajstić information content (AvgIpc) is 2.94. The molecule has 144 valence electrons. The molecule has 0 saturated heterocycles. The van der Waals surface area contributed by atoms with Gasteiger partial charge in [0.1, 0.15) is 16.8 Å². The molecular weight excluding hydrogens is 342 g/mol. The molecule has 0 aliphatic carbocycles. The second-order valence-electron chi connectivity index (χ2n) is 8.86. The van der Waals surface area contributed by atoms with E-state index in [4.69, 9.17) is 4.74 Å². The van der Waals surface area contributed by atoms with Crippen LogP contribution in [0.4, 0.5) is 0 Å². The zero-order valence-electron chi connectivity index (χ0n) is 17.0. The summed E-state index contributed by atoms with van der Waals surface area (Å²) in [5, 5.41) is 30.9. The second-order valence-corrected chi connectivity index (χ2v) is 8.86. The van der Waals surface area contributed by atoms with Gasteiger partial charge in [-0.3, -0.25) is 0 Å². The minimum Gasteiger partial charge on any atom is -0.505 e. The molecule has 0 saturated carbocycles. The summed E-state index contributed by atoms with van der Waals surface area (Å²) in [6.07, 6.45) is 0. The lowest BCUT2D eigenvalue weighted by Crippen LogP contribution is -2.18. The molecule has 0 bridgehead atoms. The number of hydrogen-bond donors (Lipinski definition) is 2. The van der Waals surface area contributed by atoms with E-state index in [0.717, 1.165) is 11.1 Å². The minimum absolute atomic E-state index is 0.0136. The normalized spacial score (nSPS) is 12.6. The Morgan fingerprint density at radius 3 is 1.81 bits per heavy atom. The highest BCUT2D eigenvalue weighted by molar-refractivity contribution is 5.76. The Hall–Kier alpha value is -2.76. The topological polar surface area (TPSA) is 80.4 Å². The Morgan fingerprint density at radius 2 is 1.33 bits per heavy atom. The zero-order chi connectivity index (χ0) is 20.1. The van der Waals surface area contributed by atoms with Crippen molar-refractivity contribution >= 4 is 11.0 Å². The van der Waals surface area contributed by atoms with E-state index >= 15 is 0 Å². The van der Waals surface area contributed by atoms with Gasteiger partial charge in [0.2, 0.25) is 0 Å². The Morgan fingerprint density at radius 1 is 0.815 bits per heavy atom. The van der Waals surface area contributed by atoms with Gasteiger partial charge in [0.15, 0.2) is 17.2 Å². The summed E-state index contributed by atoms with van der Waals surface area (Å²) in [4.78, 5) is 1.30. The molecule has 6 heteroatoms. The van der Waals surface area contributed by atoms with Crippen molar-refractivity contribution in [1.82, 2.24) is 15.0 Å². The lowest BCUT2D eigenvalue weighted by molar-refractivity contribution is 0.408. The largest absolute Gasteiger partial charge is 0.505 e. The van der Waals surface area contributed by atoms with E-state index in [-0.39, 0.29) is 28.0 Å². The number of ether oxygens (including phenoxy) is 1. The van der Waals surface area contributed by atoms with Gasteiger partial charge in [-0.05, 0) is 29.0 Å². The lowest BCUT2D eigenvalue weighted by Gasteiger charge is -2.28. The van der Waals surface area contributed by atoms with Gasteiger partial charge in [-0.15, -0.1) is 15.0 Å². The van der Waals surface area contributed by atoms with Crippen LogP contribution < -0.4 is 4.74 Å². The first-order chi connectivity index (χ1) is 12.4. The average molecular weight is 369 g/mol. The monoisotopic (exact) mass is 369 g/mol. The first-order valence-corrected chi connectivity index (χ1v) is 8.95. The summed E-state index contributed by atoms with van der Waals surface area (Å²) in [6.45, 7) is 12.1. The van der Waals surface area contributed by atoms with Crippen molar-refractivity contribution in [1.29, 1.82) is 0 Å². The molecule has 1 heterocycles. The molecule has 0 radical (unpaired) electrons. The van der Waals surface area contributed by atoms with Crippen molar-refractivity contribution in [3.05, 3.63) is 35.4 Å². The van der Waals surface area contributed by atoms with Gasteiger partial charge >= 0.3 is 0 Å². The number of phenols is 2. The molecule has 27 heavy (non-hydrogen) atoms. The Kier molecular flexibility index (Phi) is 4.33. The molecule has 0 atom stereocenters. The third-order valence-electron chi connectivity index (χ3n) is 4.65. The van der Waals surface area contributed by atoms with E-state index in [9.17, 15) is 10.2 Å². The number of methoxy groups -OCH3 is 1. The Labute approximate surface area is 159 Å². The van der Waals surface area contributed by atoms with Gasteiger partial charge in [0.25, 0.3) is 0 Å². The number of phenolic OH excluding ortho intramolecular Hbond substituents is 2. The van der Waals surface area contributed by atoms with Crippen LogP contribution >= 0.6 is 0 Å². The van der Waals surface area contributed by atoms with E-state index in [1.165, 1.54) is 4.80 Å². The van der Waals surface area contributed by atoms with Crippen molar-refractivity contribution < 1.29 is 14.9 Å². The fraction of sp³-hybridized carbons (Fsp3) is 0.429. The van der Waals surface area contributed by atoms with Crippen LogP contribution in [0.3, 0.4) is 0 Å². The predicted octanol–water partition coefficient (Wildman–Crippen LogP) is 4.44. The minimum atomic E-state index is -0.317. The molecule has 0 spiro atoms. The number of nitrogens with zero attached hydrogens (tertiary/aromatic N) is 3. The molecule has 0 unspecified atom stereocenters. The Balaban J connectivity index is 2.34. The molecule has 6 nitrogen and oxygen atoms in total. The van der Waals surface area contributed by atoms with E-state index in [2.05, 4.69) is 10.2 Å². The van der Waals surface area contributed by atoms with Gasteiger partial charge < -0.3 is 14.9 Å². The fourth-order valence-electron chi connectivity index (χ4n) is 3.10. The number of aromatic nitrogens is 3. The predicted molar refractivity (Wildman–Crippen MR) is 106 cm³/mol. The molecule has 2 aromatic carbocycles. The standard InChI is InChI=1S/C21H27N3O3/c1-20(2,3)13-11-14(21(4,5)6)19(26)17(18(13)25)24-22-15-9-8-12(27-7)10-16(15)23-24/h8-11,25-26H,1-7H3. The van der Waals surface area contributed by atoms with Gasteiger partial charge in [0, 0.05) is 17.2 Å². The van der Waals surface area contributed by atoms with Gasteiger partial charge in [0.05, 0.1) is 7.11 Å². The number of hydrogen-bond acceptors (Lipinski definition) is 5. The molecule has 3 rings (SSSR count).